The molecule has 0 radical (unpaired) electrons. The fourth-order valence-electron chi connectivity index (χ4n) is 5.03. The van der Waals surface area contributed by atoms with Gasteiger partial charge in [-0.05, 0) is 70.8 Å². The number of hydrogen-bond donors (Lipinski definition) is 1. The first-order valence-electron chi connectivity index (χ1n) is 13.5. The molecular formula is C33H38ClNO4. The fraction of sp³-hybridized carbons (Fsp3) is 0.333. The molecule has 5 rings (SSSR count). The van der Waals surface area contributed by atoms with Crippen LogP contribution in [0.3, 0.4) is 0 Å². The van der Waals surface area contributed by atoms with E-state index in [1.807, 2.05) is 24.3 Å². The van der Waals surface area contributed by atoms with Gasteiger partial charge in [0.25, 0.3) is 0 Å². The van der Waals surface area contributed by atoms with Crippen LogP contribution in [0.25, 0.3) is 10.8 Å². The van der Waals surface area contributed by atoms with Crippen molar-refractivity contribution in [2.75, 3.05) is 33.4 Å². The maximum atomic E-state index is 6.45. The van der Waals surface area contributed by atoms with Gasteiger partial charge in [0.2, 0.25) is 0 Å². The number of methoxy groups -OCH3 is 1. The number of nitrogens with one attached hydrogen (secondary N) is 1. The lowest BCUT2D eigenvalue weighted by atomic mass is 9.87. The summed E-state index contributed by atoms with van der Waals surface area (Å²) in [7, 11) is 1.68. The van der Waals surface area contributed by atoms with E-state index in [-0.39, 0.29) is 18.5 Å². The Morgan fingerprint density at radius 2 is 1.59 bits per heavy atom. The van der Waals surface area contributed by atoms with Crippen LogP contribution in [-0.4, -0.2) is 39.5 Å². The van der Waals surface area contributed by atoms with Gasteiger partial charge in [-0.1, -0.05) is 60.7 Å². The molecule has 1 N–H and O–H groups in total. The second-order valence-electron chi connectivity index (χ2n) is 9.81. The van der Waals surface area contributed by atoms with Gasteiger partial charge in [-0.15, -0.1) is 12.4 Å². The van der Waals surface area contributed by atoms with Gasteiger partial charge < -0.3 is 24.3 Å². The Morgan fingerprint density at radius 1 is 0.769 bits per heavy atom. The number of rotatable bonds is 12. The number of ether oxygens (including phenoxy) is 4. The second-order valence-corrected chi connectivity index (χ2v) is 9.81. The minimum Gasteiger partial charge on any atom is -0.497 e. The van der Waals surface area contributed by atoms with Crippen LogP contribution in [0.2, 0.25) is 0 Å². The van der Waals surface area contributed by atoms with Crippen LogP contribution in [0.5, 0.6) is 11.5 Å². The van der Waals surface area contributed by atoms with Crippen molar-refractivity contribution in [3.8, 4) is 11.5 Å². The molecule has 1 aliphatic heterocycles. The van der Waals surface area contributed by atoms with Crippen LogP contribution in [-0.2, 0) is 22.7 Å². The summed E-state index contributed by atoms with van der Waals surface area (Å²) in [5.41, 5.74) is 3.63. The van der Waals surface area contributed by atoms with Crippen molar-refractivity contribution in [2.24, 2.45) is 0 Å². The molecule has 0 aromatic heterocycles. The molecule has 4 aromatic carbocycles. The Balaban J connectivity index is 0.00000353. The van der Waals surface area contributed by atoms with E-state index >= 15 is 0 Å². The summed E-state index contributed by atoms with van der Waals surface area (Å²) in [6.45, 7) is 4.35. The van der Waals surface area contributed by atoms with Crippen molar-refractivity contribution < 1.29 is 18.9 Å². The largest absolute Gasteiger partial charge is 0.497 e. The highest BCUT2D eigenvalue weighted by molar-refractivity contribution is 5.85. The Kier molecular flexibility index (Phi) is 11.0. The lowest BCUT2D eigenvalue weighted by Gasteiger charge is -2.32. The third kappa shape index (κ3) is 8.20. The van der Waals surface area contributed by atoms with Crippen LogP contribution in [0.15, 0.2) is 91.0 Å². The third-order valence-corrected chi connectivity index (χ3v) is 7.12. The van der Waals surface area contributed by atoms with Gasteiger partial charge in [0.05, 0.1) is 39.6 Å². The number of hydrogen-bond acceptors (Lipinski definition) is 5. The quantitative estimate of drug-likeness (QED) is 0.195. The van der Waals surface area contributed by atoms with Gasteiger partial charge >= 0.3 is 0 Å². The molecule has 1 aliphatic rings. The van der Waals surface area contributed by atoms with Crippen LogP contribution < -0.4 is 14.8 Å². The van der Waals surface area contributed by atoms with Crippen molar-refractivity contribution in [1.29, 1.82) is 0 Å². The summed E-state index contributed by atoms with van der Waals surface area (Å²) < 4.78 is 23.5. The number of fused-ring (bicyclic) bond motifs is 1. The van der Waals surface area contributed by atoms with E-state index in [1.165, 1.54) is 21.9 Å². The molecule has 39 heavy (non-hydrogen) atoms. The smallest absolute Gasteiger partial charge is 0.119 e. The first-order valence-corrected chi connectivity index (χ1v) is 13.5. The Hall–Kier alpha value is -3.09. The zero-order valence-electron chi connectivity index (χ0n) is 22.5. The molecular weight excluding hydrogens is 510 g/mol. The first kappa shape index (κ1) is 28.9. The van der Waals surface area contributed by atoms with E-state index in [0.29, 0.717) is 32.3 Å². The molecule has 5 nitrogen and oxygen atoms in total. The number of halogens is 1. The van der Waals surface area contributed by atoms with Gasteiger partial charge in [-0.3, -0.25) is 0 Å². The van der Waals surface area contributed by atoms with Crippen LogP contribution >= 0.6 is 12.4 Å². The topological polar surface area (TPSA) is 49.0 Å². The van der Waals surface area contributed by atoms with Crippen molar-refractivity contribution in [1.82, 2.24) is 5.32 Å². The van der Waals surface area contributed by atoms with Gasteiger partial charge in [-0.25, -0.2) is 0 Å². The van der Waals surface area contributed by atoms with E-state index in [0.717, 1.165) is 43.0 Å². The van der Waals surface area contributed by atoms with E-state index in [9.17, 15) is 0 Å². The fourth-order valence-corrected chi connectivity index (χ4v) is 5.03. The minimum atomic E-state index is 0. The summed E-state index contributed by atoms with van der Waals surface area (Å²) in [5, 5.41) is 6.02. The molecule has 1 fully saturated rings. The van der Waals surface area contributed by atoms with Crippen LogP contribution in [0.1, 0.15) is 35.4 Å². The molecule has 0 bridgehead atoms. The monoisotopic (exact) mass is 547 g/mol. The van der Waals surface area contributed by atoms with Crippen molar-refractivity contribution >= 4 is 23.2 Å². The predicted molar refractivity (Wildman–Crippen MR) is 159 cm³/mol. The minimum absolute atomic E-state index is 0. The molecule has 1 heterocycles. The average Bonchev–Trinajstić information content (AvgIpc) is 2.98. The zero-order chi connectivity index (χ0) is 26.0. The highest BCUT2D eigenvalue weighted by Crippen LogP contribution is 2.30. The molecule has 206 valence electrons. The maximum absolute atomic E-state index is 6.45. The average molecular weight is 548 g/mol. The SMILES string of the molecule is COc1cccc(COCCCOc2ccc(C3CCNCC3OCc3ccc4ccccc4c3)cc2)c1.Cl. The second kappa shape index (κ2) is 14.9. The molecule has 0 spiro atoms. The van der Waals surface area contributed by atoms with Crippen LogP contribution in [0, 0.1) is 0 Å². The lowest BCUT2D eigenvalue weighted by Crippen LogP contribution is -2.40. The van der Waals surface area contributed by atoms with Crippen molar-refractivity contribution in [3.63, 3.8) is 0 Å². The first-order chi connectivity index (χ1) is 18.8. The van der Waals surface area contributed by atoms with Gasteiger partial charge in [0.1, 0.15) is 11.5 Å². The number of benzene rings is 4. The lowest BCUT2D eigenvalue weighted by molar-refractivity contribution is 0.0106. The summed E-state index contributed by atoms with van der Waals surface area (Å²) >= 11 is 0. The molecule has 0 amide bonds. The highest BCUT2D eigenvalue weighted by Gasteiger charge is 2.27. The molecule has 6 heteroatoms. The normalized spacial score (nSPS) is 16.9. The van der Waals surface area contributed by atoms with Gasteiger partial charge in [0, 0.05) is 18.9 Å². The Morgan fingerprint density at radius 3 is 2.44 bits per heavy atom. The Bertz CT molecular complexity index is 1300. The van der Waals surface area contributed by atoms with E-state index in [2.05, 4.69) is 72.0 Å². The van der Waals surface area contributed by atoms with Crippen LogP contribution in [0.4, 0.5) is 0 Å². The number of piperidine rings is 1. The molecule has 4 aromatic rings. The van der Waals surface area contributed by atoms with E-state index in [4.69, 9.17) is 18.9 Å². The summed E-state index contributed by atoms with van der Waals surface area (Å²) in [6.07, 6.45) is 2.04. The van der Waals surface area contributed by atoms with E-state index in [1.54, 1.807) is 7.11 Å². The Labute approximate surface area is 237 Å². The summed E-state index contributed by atoms with van der Waals surface area (Å²) in [4.78, 5) is 0. The molecule has 1 saturated heterocycles. The zero-order valence-corrected chi connectivity index (χ0v) is 23.3. The van der Waals surface area contributed by atoms with E-state index < -0.39 is 0 Å². The summed E-state index contributed by atoms with van der Waals surface area (Å²) in [5.74, 6) is 2.12. The molecule has 2 atom stereocenters. The molecule has 2 unspecified atom stereocenters. The third-order valence-electron chi connectivity index (χ3n) is 7.12. The van der Waals surface area contributed by atoms with Gasteiger partial charge in [-0.2, -0.15) is 0 Å². The standard InChI is InChI=1S/C33H37NO4.ClH/c1-35-31-9-4-6-25(21-31)23-36-18-5-19-37-30-14-12-28(13-15-30)32-16-17-34-22-33(32)38-24-26-10-11-27-7-2-3-8-29(27)20-26;/h2-4,6-15,20-21,32-34H,5,16-19,22-24H2,1H3;1H. The predicted octanol–water partition coefficient (Wildman–Crippen LogP) is 6.92. The van der Waals surface area contributed by atoms with Gasteiger partial charge in [0.15, 0.2) is 0 Å². The molecule has 0 aliphatic carbocycles. The van der Waals surface area contributed by atoms with Crippen molar-refractivity contribution in [2.45, 2.75) is 38.1 Å². The van der Waals surface area contributed by atoms with Crippen molar-refractivity contribution in [3.05, 3.63) is 108 Å². The molecule has 0 saturated carbocycles. The highest BCUT2D eigenvalue weighted by atomic mass is 35.5. The maximum Gasteiger partial charge on any atom is 0.119 e. The summed E-state index contributed by atoms with van der Waals surface area (Å²) in [6, 6.07) is 31.5.